The molecule has 1 aromatic heterocycles. The summed E-state index contributed by atoms with van der Waals surface area (Å²) in [4.78, 5) is 8.81. The third-order valence-corrected chi connectivity index (χ3v) is 4.34. The molecule has 1 unspecified atom stereocenters. The fourth-order valence-electron chi connectivity index (χ4n) is 2.57. The number of hydrogen-bond donors (Lipinski definition) is 3. The van der Waals surface area contributed by atoms with Gasteiger partial charge in [-0.05, 0) is 26.2 Å². The summed E-state index contributed by atoms with van der Waals surface area (Å²) in [6.45, 7) is 8.03. The molecule has 7 nitrogen and oxygen atoms in total. The lowest BCUT2D eigenvalue weighted by molar-refractivity contribution is 0.0417. The fraction of sp³-hybridized carbons (Fsp3) is 0.800. The number of rotatable bonds is 6. The molecule has 2 heterocycles. The minimum absolute atomic E-state index is 0.281. The average Bonchev–Trinajstić information content (AvgIpc) is 3.00. The van der Waals surface area contributed by atoms with Crippen LogP contribution in [0.25, 0.3) is 0 Å². The molecule has 0 bridgehead atoms. The largest absolute Gasteiger partial charge is 0.388 e. The van der Waals surface area contributed by atoms with Gasteiger partial charge in [0.25, 0.3) is 0 Å². The highest BCUT2D eigenvalue weighted by atomic mass is 16.3. The molecule has 124 valence electrons. The fourth-order valence-corrected chi connectivity index (χ4v) is 2.57. The van der Waals surface area contributed by atoms with E-state index in [0.717, 1.165) is 37.7 Å². The lowest BCUT2D eigenvalue weighted by atomic mass is 9.98. The Hall–Kier alpha value is -1.63. The zero-order valence-electron chi connectivity index (χ0n) is 13.8. The van der Waals surface area contributed by atoms with E-state index in [1.54, 1.807) is 6.33 Å². The molecule has 0 aliphatic carbocycles. The highest BCUT2D eigenvalue weighted by Gasteiger charge is 2.23. The number of aliphatic hydroxyl groups is 1. The van der Waals surface area contributed by atoms with E-state index < -0.39 is 5.60 Å². The van der Waals surface area contributed by atoms with Crippen molar-refractivity contribution in [1.82, 2.24) is 25.4 Å². The number of aromatic nitrogens is 3. The molecule has 0 saturated heterocycles. The van der Waals surface area contributed by atoms with Gasteiger partial charge in [-0.2, -0.15) is 5.10 Å². The van der Waals surface area contributed by atoms with E-state index >= 15 is 0 Å². The molecule has 0 fully saturated rings. The molecule has 1 atom stereocenters. The van der Waals surface area contributed by atoms with Crippen LogP contribution in [0, 0.1) is 0 Å². The van der Waals surface area contributed by atoms with E-state index in [9.17, 15) is 5.11 Å². The number of aryl methyl sites for hydroxylation is 1. The van der Waals surface area contributed by atoms with Gasteiger partial charge in [-0.1, -0.05) is 13.8 Å². The molecule has 0 amide bonds. The van der Waals surface area contributed by atoms with Crippen molar-refractivity contribution in [2.75, 3.05) is 13.1 Å². The summed E-state index contributed by atoms with van der Waals surface area (Å²) in [5.74, 6) is 1.81. The van der Waals surface area contributed by atoms with Crippen LogP contribution in [0.15, 0.2) is 11.3 Å². The van der Waals surface area contributed by atoms with Gasteiger partial charge in [-0.3, -0.25) is 4.99 Å². The lowest BCUT2D eigenvalue weighted by Gasteiger charge is -2.27. The van der Waals surface area contributed by atoms with E-state index in [2.05, 4.69) is 25.7 Å². The second-order valence-corrected chi connectivity index (χ2v) is 5.86. The number of nitrogens with zero attached hydrogens (tertiary/aromatic N) is 4. The van der Waals surface area contributed by atoms with Crippen LogP contribution in [0.2, 0.25) is 0 Å². The summed E-state index contributed by atoms with van der Waals surface area (Å²) < 4.78 is 1.94. The Labute approximate surface area is 132 Å². The summed E-state index contributed by atoms with van der Waals surface area (Å²) >= 11 is 0. The smallest absolute Gasteiger partial charge is 0.191 e. The zero-order valence-corrected chi connectivity index (χ0v) is 13.8. The average molecular weight is 308 g/mol. The van der Waals surface area contributed by atoms with Crippen LogP contribution in [-0.4, -0.2) is 50.6 Å². The number of hydrogen-bond acceptors (Lipinski definition) is 4. The maximum Gasteiger partial charge on any atom is 0.191 e. The maximum atomic E-state index is 10.4. The van der Waals surface area contributed by atoms with E-state index in [1.165, 1.54) is 0 Å². The summed E-state index contributed by atoms with van der Waals surface area (Å²) in [6, 6.07) is 0.281. The Kier molecular flexibility index (Phi) is 5.76. The van der Waals surface area contributed by atoms with Gasteiger partial charge in [0.2, 0.25) is 0 Å². The third-order valence-electron chi connectivity index (χ3n) is 4.34. The Balaban J connectivity index is 1.97. The molecule has 0 saturated carbocycles. The van der Waals surface area contributed by atoms with Gasteiger partial charge < -0.3 is 15.7 Å². The molecule has 1 aromatic rings. The second kappa shape index (κ2) is 7.58. The van der Waals surface area contributed by atoms with Crippen molar-refractivity contribution in [3.8, 4) is 0 Å². The van der Waals surface area contributed by atoms with E-state index in [4.69, 9.17) is 0 Å². The monoisotopic (exact) mass is 308 g/mol. The van der Waals surface area contributed by atoms with Crippen LogP contribution in [0.1, 0.15) is 45.9 Å². The first-order valence-corrected chi connectivity index (χ1v) is 8.24. The van der Waals surface area contributed by atoms with Gasteiger partial charge in [0, 0.05) is 19.0 Å². The second-order valence-electron chi connectivity index (χ2n) is 5.86. The molecule has 0 radical (unpaired) electrons. The molecule has 3 N–H and O–H groups in total. The van der Waals surface area contributed by atoms with Crippen LogP contribution in [0.3, 0.4) is 0 Å². The molecular formula is C15H28N6O. The summed E-state index contributed by atoms with van der Waals surface area (Å²) in [7, 11) is 0. The van der Waals surface area contributed by atoms with Crippen molar-refractivity contribution in [1.29, 1.82) is 0 Å². The highest BCUT2D eigenvalue weighted by Crippen LogP contribution is 2.15. The maximum absolute atomic E-state index is 10.4. The van der Waals surface area contributed by atoms with Crippen LogP contribution >= 0.6 is 0 Å². The summed E-state index contributed by atoms with van der Waals surface area (Å²) in [5.41, 5.74) is -0.714. The van der Waals surface area contributed by atoms with Crippen molar-refractivity contribution in [3.63, 3.8) is 0 Å². The van der Waals surface area contributed by atoms with Gasteiger partial charge in [0.15, 0.2) is 5.96 Å². The first-order chi connectivity index (χ1) is 10.6. The Morgan fingerprint density at radius 2 is 2.23 bits per heavy atom. The zero-order chi connectivity index (χ0) is 16.0. The van der Waals surface area contributed by atoms with Crippen LogP contribution in [0.5, 0.6) is 0 Å². The predicted octanol–water partition coefficient (Wildman–Crippen LogP) is 0.699. The predicted molar refractivity (Wildman–Crippen MR) is 86.8 cm³/mol. The highest BCUT2D eigenvalue weighted by molar-refractivity contribution is 5.80. The number of fused-ring (bicyclic) bond motifs is 1. The minimum Gasteiger partial charge on any atom is -0.388 e. The van der Waals surface area contributed by atoms with Crippen LogP contribution in [-0.2, 0) is 13.0 Å². The van der Waals surface area contributed by atoms with Crippen molar-refractivity contribution in [3.05, 3.63) is 12.2 Å². The SMILES string of the molecule is CCNC(=NCC(O)(CC)CC)NC1CCc2ncnn2C1. The first kappa shape index (κ1) is 16.7. The van der Waals surface area contributed by atoms with E-state index in [-0.39, 0.29) is 6.04 Å². The van der Waals surface area contributed by atoms with Gasteiger partial charge >= 0.3 is 0 Å². The lowest BCUT2D eigenvalue weighted by Crippen LogP contribution is -2.47. The van der Waals surface area contributed by atoms with Crippen molar-refractivity contribution >= 4 is 5.96 Å². The molecule has 1 aliphatic rings. The Bertz CT molecular complexity index is 494. The van der Waals surface area contributed by atoms with Crippen molar-refractivity contribution < 1.29 is 5.11 Å². The number of nitrogens with one attached hydrogen (secondary N) is 2. The number of aliphatic imine (C=N–C) groups is 1. The Morgan fingerprint density at radius 3 is 2.91 bits per heavy atom. The minimum atomic E-state index is -0.714. The first-order valence-electron chi connectivity index (χ1n) is 8.24. The van der Waals surface area contributed by atoms with Gasteiger partial charge in [0.1, 0.15) is 12.2 Å². The van der Waals surface area contributed by atoms with Crippen molar-refractivity contribution in [2.45, 2.75) is 64.6 Å². The summed E-state index contributed by atoms with van der Waals surface area (Å²) in [6.07, 6.45) is 4.95. The number of guanidine groups is 1. The Morgan fingerprint density at radius 1 is 1.45 bits per heavy atom. The normalized spacial score (nSPS) is 18.9. The topological polar surface area (TPSA) is 87.4 Å². The molecule has 1 aliphatic heterocycles. The van der Waals surface area contributed by atoms with Gasteiger partial charge in [0.05, 0.1) is 18.7 Å². The van der Waals surface area contributed by atoms with Crippen LogP contribution in [0.4, 0.5) is 0 Å². The van der Waals surface area contributed by atoms with E-state index in [0.29, 0.717) is 19.4 Å². The summed E-state index contributed by atoms with van der Waals surface area (Å²) in [5, 5.41) is 21.3. The molecular weight excluding hydrogens is 280 g/mol. The molecule has 0 aromatic carbocycles. The van der Waals surface area contributed by atoms with Crippen LogP contribution < -0.4 is 10.6 Å². The van der Waals surface area contributed by atoms with Gasteiger partial charge in [-0.15, -0.1) is 0 Å². The van der Waals surface area contributed by atoms with Gasteiger partial charge in [-0.25, -0.2) is 9.67 Å². The molecule has 2 rings (SSSR count). The van der Waals surface area contributed by atoms with E-state index in [1.807, 2.05) is 25.5 Å². The molecule has 22 heavy (non-hydrogen) atoms. The quantitative estimate of drug-likeness (QED) is 0.532. The standard InChI is InChI=1S/C15H28N6O/c1-4-15(22,5-2)10-17-14(16-6-3)20-12-7-8-13-18-11-19-21(13)9-12/h11-12,22H,4-10H2,1-3H3,(H2,16,17,20). The molecule has 7 heteroatoms. The van der Waals surface area contributed by atoms with Crippen molar-refractivity contribution in [2.24, 2.45) is 4.99 Å². The third kappa shape index (κ3) is 4.19. The molecule has 0 spiro atoms.